The summed E-state index contributed by atoms with van der Waals surface area (Å²) >= 11 is 0. The van der Waals surface area contributed by atoms with Crippen molar-refractivity contribution in [1.29, 1.82) is 0 Å². The minimum Gasteiger partial charge on any atom is -0.476 e. The van der Waals surface area contributed by atoms with Gasteiger partial charge in [-0.3, -0.25) is 4.79 Å². The average molecular weight is 274 g/mol. The van der Waals surface area contributed by atoms with Gasteiger partial charge in [0.1, 0.15) is 6.04 Å². The Morgan fingerprint density at radius 1 is 1.30 bits per heavy atom. The van der Waals surface area contributed by atoms with Gasteiger partial charge in [0.15, 0.2) is 5.69 Å². The third-order valence-corrected chi connectivity index (χ3v) is 2.82. The van der Waals surface area contributed by atoms with Gasteiger partial charge in [0.25, 0.3) is 0 Å². The first-order valence-corrected chi connectivity index (χ1v) is 6.00. The Balaban J connectivity index is 2.07. The Morgan fingerprint density at radius 2 is 1.95 bits per heavy atom. The fourth-order valence-electron chi connectivity index (χ4n) is 1.57. The van der Waals surface area contributed by atoms with Crippen LogP contribution >= 0.6 is 0 Å². The maximum atomic E-state index is 12.0. The molecule has 1 atom stereocenters. The summed E-state index contributed by atoms with van der Waals surface area (Å²) in [7, 11) is 0. The van der Waals surface area contributed by atoms with Crippen LogP contribution in [0.2, 0.25) is 0 Å². The number of aromatic carboxylic acids is 1. The maximum Gasteiger partial charge on any atom is 0.358 e. The molecule has 1 aromatic heterocycles. The normalized spacial score (nSPS) is 11.9. The van der Waals surface area contributed by atoms with E-state index >= 15 is 0 Å². The van der Waals surface area contributed by atoms with Gasteiger partial charge >= 0.3 is 5.97 Å². The second-order valence-electron chi connectivity index (χ2n) is 4.42. The molecular weight excluding hydrogens is 260 g/mol. The number of amides is 1. The average Bonchev–Trinajstić information content (AvgIpc) is 2.90. The summed E-state index contributed by atoms with van der Waals surface area (Å²) in [6, 6.07) is 6.71. The van der Waals surface area contributed by atoms with E-state index < -0.39 is 12.0 Å². The zero-order valence-electron chi connectivity index (χ0n) is 11.1. The lowest BCUT2D eigenvalue weighted by molar-refractivity contribution is -0.119. The van der Waals surface area contributed by atoms with Crippen LogP contribution in [0.1, 0.15) is 29.0 Å². The standard InChI is InChI=1S/C13H14N4O3/c1-8-3-5-10(6-4-8)14-12(18)9(2)17-7-11(13(19)20)15-16-17/h3-7,9H,1-2H3,(H,14,18)(H,19,20). The SMILES string of the molecule is Cc1ccc(NC(=O)C(C)n2cc(C(=O)O)nn2)cc1. The van der Waals surface area contributed by atoms with Crippen LogP contribution in [-0.4, -0.2) is 32.0 Å². The number of carboxylic acid groups (broad SMARTS) is 1. The number of hydrogen-bond donors (Lipinski definition) is 2. The topological polar surface area (TPSA) is 97.1 Å². The molecule has 7 nitrogen and oxygen atoms in total. The van der Waals surface area contributed by atoms with Crippen LogP contribution in [0.4, 0.5) is 5.69 Å². The highest BCUT2D eigenvalue weighted by Crippen LogP contribution is 2.12. The predicted octanol–water partition coefficient (Wildman–Crippen LogP) is 1.48. The summed E-state index contributed by atoms with van der Waals surface area (Å²) in [6.07, 6.45) is 1.22. The largest absolute Gasteiger partial charge is 0.476 e. The van der Waals surface area contributed by atoms with Crippen LogP contribution in [0, 0.1) is 6.92 Å². The van der Waals surface area contributed by atoms with Gasteiger partial charge in [0, 0.05) is 5.69 Å². The lowest BCUT2D eigenvalue weighted by Crippen LogP contribution is -2.24. The minimum absolute atomic E-state index is 0.194. The number of carbonyl (C=O) groups is 2. The number of nitrogens with zero attached hydrogens (tertiary/aromatic N) is 3. The highest BCUT2D eigenvalue weighted by atomic mass is 16.4. The van der Waals surface area contributed by atoms with Crippen LogP contribution in [0.25, 0.3) is 0 Å². The molecule has 2 aromatic rings. The summed E-state index contributed by atoms with van der Waals surface area (Å²) in [5.41, 5.74) is 1.57. The Bertz CT molecular complexity index is 633. The summed E-state index contributed by atoms with van der Waals surface area (Å²) in [6.45, 7) is 3.57. The molecule has 0 fully saturated rings. The van der Waals surface area contributed by atoms with Crippen molar-refractivity contribution in [3.8, 4) is 0 Å². The molecule has 0 aliphatic rings. The van der Waals surface area contributed by atoms with E-state index in [4.69, 9.17) is 5.11 Å². The lowest BCUT2D eigenvalue weighted by atomic mass is 10.2. The first-order valence-electron chi connectivity index (χ1n) is 6.00. The van der Waals surface area contributed by atoms with Gasteiger partial charge in [0.05, 0.1) is 6.20 Å². The van der Waals surface area contributed by atoms with Crippen molar-refractivity contribution in [3.05, 3.63) is 41.7 Å². The maximum absolute atomic E-state index is 12.0. The number of hydrogen-bond acceptors (Lipinski definition) is 4. The highest BCUT2D eigenvalue weighted by molar-refractivity contribution is 5.93. The van der Waals surface area contributed by atoms with Gasteiger partial charge < -0.3 is 10.4 Å². The number of aryl methyl sites for hydroxylation is 1. The van der Waals surface area contributed by atoms with Crippen molar-refractivity contribution >= 4 is 17.6 Å². The van der Waals surface area contributed by atoms with Crippen LogP contribution in [0.5, 0.6) is 0 Å². The number of rotatable bonds is 4. The van der Waals surface area contributed by atoms with Crippen LogP contribution < -0.4 is 5.32 Å². The monoisotopic (exact) mass is 274 g/mol. The zero-order chi connectivity index (χ0) is 14.7. The molecule has 0 saturated heterocycles. The predicted molar refractivity (Wildman–Crippen MR) is 71.5 cm³/mol. The first kappa shape index (κ1) is 13.7. The van der Waals surface area contributed by atoms with E-state index in [2.05, 4.69) is 15.6 Å². The van der Waals surface area contributed by atoms with Gasteiger partial charge in [-0.1, -0.05) is 22.9 Å². The summed E-state index contributed by atoms with van der Waals surface area (Å²) in [4.78, 5) is 22.7. The van der Waals surface area contributed by atoms with Gasteiger partial charge in [-0.05, 0) is 26.0 Å². The molecule has 0 bridgehead atoms. The summed E-state index contributed by atoms with van der Waals surface area (Å²) in [5.74, 6) is -1.47. The second kappa shape index (κ2) is 5.52. The highest BCUT2D eigenvalue weighted by Gasteiger charge is 2.18. The molecule has 0 spiro atoms. The molecule has 20 heavy (non-hydrogen) atoms. The summed E-state index contributed by atoms with van der Waals surface area (Å²) < 4.78 is 1.22. The van der Waals surface area contributed by atoms with E-state index in [1.807, 2.05) is 19.1 Å². The van der Waals surface area contributed by atoms with E-state index in [0.29, 0.717) is 5.69 Å². The Labute approximate surface area is 115 Å². The van der Waals surface area contributed by atoms with E-state index in [1.165, 1.54) is 10.9 Å². The van der Waals surface area contributed by atoms with E-state index in [0.717, 1.165) is 5.56 Å². The lowest BCUT2D eigenvalue weighted by Gasteiger charge is -2.11. The van der Waals surface area contributed by atoms with Crippen LogP contribution in [0.15, 0.2) is 30.5 Å². The number of carbonyl (C=O) groups excluding carboxylic acids is 1. The Hall–Kier alpha value is -2.70. The molecule has 0 saturated carbocycles. The summed E-state index contributed by atoms with van der Waals surface area (Å²) in [5, 5.41) is 18.6. The molecule has 1 amide bonds. The van der Waals surface area contributed by atoms with Crippen molar-refractivity contribution in [1.82, 2.24) is 15.0 Å². The number of benzene rings is 1. The van der Waals surface area contributed by atoms with E-state index in [9.17, 15) is 9.59 Å². The zero-order valence-corrected chi connectivity index (χ0v) is 11.1. The van der Waals surface area contributed by atoms with Gasteiger partial charge in [-0.25, -0.2) is 9.48 Å². The van der Waals surface area contributed by atoms with Crippen molar-refractivity contribution in [2.45, 2.75) is 19.9 Å². The minimum atomic E-state index is -1.18. The number of anilines is 1. The molecule has 0 aliphatic carbocycles. The third-order valence-electron chi connectivity index (χ3n) is 2.82. The number of aromatic nitrogens is 3. The molecule has 2 N–H and O–H groups in total. The van der Waals surface area contributed by atoms with Gasteiger partial charge in [-0.2, -0.15) is 0 Å². The van der Waals surface area contributed by atoms with Crippen molar-refractivity contribution in [2.75, 3.05) is 5.32 Å². The molecular formula is C13H14N4O3. The van der Waals surface area contributed by atoms with Crippen LogP contribution in [0.3, 0.4) is 0 Å². The fourth-order valence-corrected chi connectivity index (χ4v) is 1.57. The molecule has 1 aromatic carbocycles. The molecule has 0 radical (unpaired) electrons. The molecule has 1 heterocycles. The quantitative estimate of drug-likeness (QED) is 0.880. The number of carboxylic acids is 1. The van der Waals surface area contributed by atoms with Gasteiger partial charge in [0.2, 0.25) is 5.91 Å². The molecule has 2 rings (SSSR count). The third kappa shape index (κ3) is 3.00. The smallest absolute Gasteiger partial charge is 0.358 e. The van der Waals surface area contributed by atoms with E-state index in [1.54, 1.807) is 19.1 Å². The van der Waals surface area contributed by atoms with Crippen molar-refractivity contribution < 1.29 is 14.7 Å². The van der Waals surface area contributed by atoms with Crippen LogP contribution in [-0.2, 0) is 4.79 Å². The van der Waals surface area contributed by atoms with Crippen molar-refractivity contribution in [2.24, 2.45) is 0 Å². The molecule has 0 aliphatic heterocycles. The second-order valence-corrected chi connectivity index (χ2v) is 4.42. The Morgan fingerprint density at radius 3 is 2.50 bits per heavy atom. The first-order chi connectivity index (χ1) is 9.47. The molecule has 7 heteroatoms. The van der Waals surface area contributed by atoms with E-state index in [-0.39, 0.29) is 11.6 Å². The fraction of sp³-hybridized carbons (Fsp3) is 0.231. The Kier molecular flexibility index (Phi) is 3.79. The van der Waals surface area contributed by atoms with Gasteiger partial charge in [-0.15, -0.1) is 5.10 Å². The van der Waals surface area contributed by atoms with Crippen molar-refractivity contribution in [3.63, 3.8) is 0 Å². The number of nitrogens with one attached hydrogen (secondary N) is 1. The molecule has 104 valence electrons. The molecule has 1 unspecified atom stereocenters.